The molecule has 1 atom stereocenters. The number of hydrogen-bond donors (Lipinski definition) is 1. The van der Waals surface area contributed by atoms with Crippen molar-refractivity contribution in [2.45, 2.75) is 32.4 Å². The van der Waals surface area contributed by atoms with Crippen molar-refractivity contribution in [3.05, 3.63) is 33.8 Å². The zero-order chi connectivity index (χ0) is 14.8. The number of carbonyl (C=O) groups is 1. The van der Waals surface area contributed by atoms with E-state index in [2.05, 4.69) is 28.7 Å². The second-order valence-electron chi connectivity index (χ2n) is 5.13. The van der Waals surface area contributed by atoms with Crippen molar-refractivity contribution in [2.75, 3.05) is 13.1 Å². The molecule has 1 aliphatic rings. The van der Waals surface area contributed by atoms with Gasteiger partial charge >= 0.3 is 0 Å². The van der Waals surface area contributed by atoms with Gasteiger partial charge in [-0.3, -0.25) is 9.48 Å². The molecule has 2 N–H and O–H groups in total. The lowest BCUT2D eigenvalue weighted by atomic mass is 9.97. The normalized spacial score (nSPS) is 17.8. The van der Waals surface area contributed by atoms with Crippen LogP contribution in [0.25, 0.3) is 0 Å². The highest BCUT2D eigenvalue weighted by Crippen LogP contribution is 2.35. The summed E-state index contributed by atoms with van der Waals surface area (Å²) in [5.41, 5.74) is 7.18. The van der Waals surface area contributed by atoms with Crippen molar-refractivity contribution in [3.63, 3.8) is 0 Å². The molecule has 3 rings (SSSR count). The standard InChI is InChI=1S/C14H19N5OS/c1-2-12-10-4-8-21-13(10)3-6-19(12)14(20)11-9-18(7-5-15)17-16-11/h4,8-9,12H,2-3,5-7,15H2,1H3. The van der Waals surface area contributed by atoms with Crippen LogP contribution in [0.3, 0.4) is 0 Å². The first kappa shape index (κ1) is 14.2. The second kappa shape index (κ2) is 5.95. The molecule has 0 spiro atoms. The van der Waals surface area contributed by atoms with E-state index in [1.54, 1.807) is 22.2 Å². The molecule has 0 bridgehead atoms. The summed E-state index contributed by atoms with van der Waals surface area (Å²) in [6.07, 6.45) is 3.52. The van der Waals surface area contributed by atoms with Crippen molar-refractivity contribution >= 4 is 17.2 Å². The zero-order valence-electron chi connectivity index (χ0n) is 12.0. The molecule has 112 valence electrons. The van der Waals surface area contributed by atoms with Crippen LogP contribution in [0.4, 0.5) is 0 Å². The van der Waals surface area contributed by atoms with Crippen LogP contribution >= 0.6 is 11.3 Å². The third kappa shape index (κ3) is 2.58. The molecule has 0 aliphatic carbocycles. The predicted molar refractivity (Wildman–Crippen MR) is 81.2 cm³/mol. The lowest BCUT2D eigenvalue weighted by Gasteiger charge is -2.34. The summed E-state index contributed by atoms with van der Waals surface area (Å²) < 4.78 is 1.62. The number of nitrogens with zero attached hydrogens (tertiary/aromatic N) is 4. The summed E-state index contributed by atoms with van der Waals surface area (Å²) in [4.78, 5) is 16.0. The van der Waals surface area contributed by atoms with Crippen molar-refractivity contribution < 1.29 is 4.79 Å². The molecule has 1 amide bonds. The number of fused-ring (bicyclic) bond motifs is 1. The zero-order valence-corrected chi connectivity index (χ0v) is 12.8. The molecular weight excluding hydrogens is 286 g/mol. The summed E-state index contributed by atoms with van der Waals surface area (Å²) in [5, 5.41) is 10.0. The van der Waals surface area contributed by atoms with Crippen LogP contribution in [-0.4, -0.2) is 38.9 Å². The Kier molecular flexibility index (Phi) is 4.03. The van der Waals surface area contributed by atoms with Gasteiger partial charge in [-0.1, -0.05) is 12.1 Å². The van der Waals surface area contributed by atoms with E-state index in [-0.39, 0.29) is 11.9 Å². The van der Waals surface area contributed by atoms with Gasteiger partial charge in [0, 0.05) is 18.0 Å². The maximum absolute atomic E-state index is 12.7. The Morgan fingerprint density at radius 2 is 2.43 bits per heavy atom. The molecule has 3 heterocycles. The molecule has 21 heavy (non-hydrogen) atoms. The molecule has 0 saturated heterocycles. The van der Waals surface area contributed by atoms with Crippen LogP contribution in [0, 0.1) is 0 Å². The minimum Gasteiger partial charge on any atom is -0.330 e. The number of nitrogens with two attached hydrogens (primary N) is 1. The van der Waals surface area contributed by atoms with E-state index in [4.69, 9.17) is 5.73 Å². The van der Waals surface area contributed by atoms with E-state index in [9.17, 15) is 4.79 Å². The average Bonchev–Trinajstić information content (AvgIpc) is 3.14. The summed E-state index contributed by atoms with van der Waals surface area (Å²) >= 11 is 1.78. The highest BCUT2D eigenvalue weighted by Gasteiger charge is 2.31. The third-order valence-electron chi connectivity index (χ3n) is 3.86. The minimum atomic E-state index is -0.0398. The molecule has 0 aromatic carbocycles. The van der Waals surface area contributed by atoms with Gasteiger partial charge in [0.15, 0.2) is 5.69 Å². The van der Waals surface area contributed by atoms with E-state index in [0.29, 0.717) is 18.8 Å². The molecule has 2 aromatic rings. The highest BCUT2D eigenvalue weighted by atomic mass is 32.1. The van der Waals surface area contributed by atoms with Crippen molar-refractivity contribution in [3.8, 4) is 0 Å². The summed E-state index contributed by atoms with van der Waals surface area (Å²) in [5.74, 6) is -0.0398. The van der Waals surface area contributed by atoms with Gasteiger partial charge in [-0.15, -0.1) is 16.4 Å². The Labute approximate surface area is 127 Å². The molecule has 0 saturated carbocycles. The van der Waals surface area contributed by atoms with Crippen molar-refractivity contribution in [1.82, 2.24) is 19.9 Å². The first-order valence-electron chi connectivity index (χ1n) is 7.22. The molecule has 7 heteroatoms. The first-order valence-corrected chi connectivity index (χ1v) is 8.10. The van der Waals surface area contributed by atoms with Gasteiger partial charge in [0.1, 0.15) is 0 Å². The molecule has 0 radical (unpaired) electrons. The fraction of sp³-hybridized carbons (Fsp3) is 0.500. The number of hydrogen-bond acceptors (Lipinski definition) is 5. The van der Waals surface area contributed by atoms with Gasteiger partial charge in [0.25, 0.3) is 5.91 Å². The van der Waals surface area contributed by atoms with Crippen LogP contribution in [0.5, 0.6) is 0 Å². The Morgan fingerprint density at radius 1 is 1.57 bits per heavy atom. The average molecular weight is 305 g/mol. The maximum Gasteiger partial charge on any atom is 0.276 e. The maximum atomic E-state index is 12.7. The van der Waals surface area contributed by atoms with Crippen LogP contribution in [0.1, 0.15) is 40.3 Å². The molecule has 6 nitrogen and oxygen atoms in total. The minimum absolute atomic E-state index is 0.0398. The third-order valence-corrected chi connectivity index (χ3v) is 4.85. The summed E-state index contributed by atoms with van der Waals surface area (Å²) in [7, 11) is 0. The number of carbonyl (C=O) groups excluding carboxylic acids is 1. The topological polar surface area (TPSA) is 77.0 Å². The van der Waals surface area contributed by atoms with E-state index < -0.39 is 0 Å². The Bertz CT molecular complexity index is 635. The van der Waals surface area contributed by atoms with Crippen molar-refractivity contribution in [2.24, 2.45) is 5.73 Å². The summed E-state index contributed by atoms with van der Waals surface area (Å²) in [6.45, 7) is 3.92. The predicted octanol–water partition coefficient (Wildman–Crippen LogP) is 1.45. The van der Waals surface area contributed by atoms with Crippen LogP contribution in [-0.2, 0) is 13.0 Å². The molecule has 1 aliphatic heterocycles. The fourth-order valence-electron chi connectivity index (χ4n) is 2.86. The molecular formula is C14H19N5OS. The van der Waals surface area contributed by atoms with Gasteiger partial charge in [-0.2, -0.15) is 0 Å². The van der Waals surface area contributed by atoms with E-state index in [1.165, 1.54) is 10.4 Å². The van der Waals surface area contributed by atoms with E-state index in [1.807, 2.05) is 4.90 Å². The summed E-state index contributed by atoms with van der Waals surface area (Å²) in [6, 6.07) is 2.28. The fourth-order valence-corrected chi connectivity index (χ4v) is 3.79. The Hall–Kier alpha value is -1.73. The number of amides is 1. The second-order valence-corrected chi connectivity index (χ2v) is 6.13. The molecule has 1 unspecified atom stereocenters. The highest BCUT2D eigenvalue weighted by molar-refractivity contribution is 7.10. The van der Waals surface area contributed by atoms with Crippen LogP contribution < -0.4 is 5.73 Å². The molecule has 0 fully saturated rings. The van der Waals surface area contributed by atoms with Gasteiger partial charge in [-0.25, -0.2) is 0 Å². The van der Waals surface area contributed by atoms with Gasteiger partial charge in [-0.05, 0) is 29.9 Å². The lowest BCUT2D eigenvalue weighted by molar-refractivity contribution is 0.0651. The van der Waals surface area contributed by atoms with Crippen LogP contribution in [0.15, 0.2) is 17.6 Å². The van der Waals surface area contributed by atoms with Gasteiger partial charge in [0.2, 0.25) is 0 Å². The Morgan fingerprint density at radius 3 is 3.19 bits per heavy atom. The quantitative estimate of drug-likeness (QED) is 0.927. The van der Waals surface area contributed by atoms with Gasteiger partial charge in [0.05, 0.1) is 18.8 Å². The largest absolute Gasteiger partial charge is 0.330 e. The van der Waals surface area contributed by atoms with Gasteiger partial charge < -0.3 is 10.6 Å². The monoisotopic (exact) mass is 305 g/mol. The van der Waals surface area contributed by atoms with Crippen LogP contribution in [0.2, 0.25) is 0 Å². The SMILES string of the molecule is CCC1c2ccsc2CCN1C(=O)c1cn(CCN)nn1. The van der Waals surface area contributed by atoms with E-state index in [0.717, 1.165) is 19.4 Å². The smallest absolute Gasteiger partial charge is 0.276 e. The molecule has 2 aromatic heterocycles. The number of thiophene rings is 1. The number of aromatic nitrogens is 3. The van der Waals surface area contributed by atoms with E-state index >= 15 is 0 Å². The Balaban J connectivity index is 1.83. The van der Waals surface area contributed by atoms with Crippen molar-refractivity contribution in [1.29, 1.82) is 0 Å². The number of rotatable bonds is 4. The first-order chi connectivity index (χ1) is 10.2. The lowest BCUT2D eigenvalue weighted by Crippen LogP contribution is -2.39.